The average Bonchev–Trinajstić information content (AvgIpc) is 2.95. The van der Waals surface area contributed by atoms with Gasteiger partial charge < -0.3 is 16.2 Å². The van der Waals surface area contributed by atoms with Crippen LogP contribution in [-0.4, -0.2) is 39.6 Å². The molecule has 1 aliphatic heterocycles. The lowest BCUT2D eigenvalue weighted by atomic mass is 10.1. The van der Waals surface area contributed by atoms with Crippen LogP contribution in [0.1, 0.15) is 0 Å². The molecule has 0 fully saturated rings. The van der Waals surface area contributed by atoms with Crippen molar-refractivity contribution in [3.05, 3.63) is 30.5 Å². The van der Waals surface area contributed by atoms with Crippen LogP contribution in [0.4, 0.5) is 5.69 Å². The predicted octanol–water partition coefficient (Wildman–Crippen LogP) is 1.93. The zero-order valence-corrected chi connectivity index (χ0v) is 13.3. The fourth-order valence-electron chi connectivity index (χ4n) is 2.90. The molecule has 118 valence electrons. The van der Waals surface area contributed by atoms with E-state index in [-0.39, 0.29) is 6.61 Å². The van der Waals surface area contributed by atoms with Gasteiger partial charge in [-0.25, -0.2) is 0 Å². The normalized spacial score (nSPS) is 12.4. The maximum atomic E-state index is 9.10. The fourth-order valence-corrected chi connectivity index (χ4v) is 4.06. The monoisotopic (exact) mass is 327 g/mol. The van der Waals surface area contributed by atoms with Crippen LogP contribution in [0.3, 0.4) is 0 Å². The van der Waals surface area contributed by atoms with Crippen molar-refractivity contribution in [1.82, 2.24) is 14.8 Å². The molecule has 7 heteroatoms. The first kappa shape index (κ1) is 14.5. The lowest BCUT2D eigenvalue weighted by molar-refractivity contribution is 0.311. The first-order chi connectivity index (χ1) is 11.3. The van der Waals surface area contributed by atoms with E-state index in [0.29, 0.717) is 19.6 Å². The molecule has 0 unspecified atom stereocenters. The summed E-state index contributed by atoms with van der Waals surface area (Å²) in [5.74, 6) is 0. The molecule has 0 radical (unpaired) electrons. The number of benzene rings is 1. The van der Waals surface area contributed by atoms with E-state index in [1.165, 1.54) is 0 Å². The van der Waals surface area contributed by atoms with Crippen molar-refractivity contribution < 1.29 is 5.11 Å². The third kappa shape index (κ3) is 2.28. The van der Waals surface area contributed by atoms with Crippen LogP contribution in [0.25, 0.3) is 22.3 Å². The Bertz CT molecular complexity index is 876. The Balaban J connectivity index is 1.98. The van der Waals surface area contributed by atoms with Gasteiger partial charge in [-0.05, 0) is 24.3 Å². The second kappa shape index (κ2) is 5.84. The maximum Gasteiger partial charge on any atom is 0.121 e. The Morgan fingerprint density at radius 2 is 2.17 bits per heavy atom. The van der Waals surface area contributed by atoms with Gasteiger partial charge in [0.15, 0.2) is 0 Å². The standard InChI is InChI=1S/C16H17N5OS/c17-5-8-21-11-4-3-10(18-7-9-22)16-13(11)15(20-21)14-12(23-16)2-1-6-19-14/h1-4,6,18,22H,5,7-9,17H2. The van der Waals surface area contributed by atoms with Crippen LogP contribution in [0.2, 0.25) is 0 Å². The largest absolute Gasteiger partial charge is 0.395 e. The Morgan fingerprint density at radius 3 is 3.00 bits per heavy atom. The summed E-state index contributed by atoms with van der Waals surface area (Å²) in [6, 6.07) is 8.10. The van der Waals surface area contributed by atoms with Crippen LogP contribution in [0, 0.1) is 0 Å². The summed E-state index contributed by atoms with van der Waals surface area (Å²) in [4.78, 5) is 6.75. The molecule has 0 aliphatic carbocycles. The Hall–Kier alpha value is -2.09. The number of aliphatic hydroxyl groups excluding tert-OH is 1. The summed E-state index contributed by atoms with van der Waals surface area (Å²) in [5, 5.41) is 18.2. The smallest absolute Gasteiger partial charge is 0.121 e. The number of fused-ring (bicyclic) bond motifs is 2. The summed E-state index contributed by atoms with van der Waals surface area (Å²) in [7, 11) is 0. The van der Waals surface area contributed by atoms with Crippen molar-refractivity contribution in [1.29, 1.82) is 0 Å². The first-order valence-corrected chi connectivity index (χ1v) is 8.36. The highest BCUT2D eigenvalue weighted by atomic mass is 32.2. The second-order valence-corrected chi connectivity index (χ2v) is 6.35. The van der Waals surface area contributed by atoms with Gasteiger partial charge >= 0.3 is 0 Å². The van der Waals surface area contributed by atoms with Gasteiger partial charge in [0.25, 0.3) is 0 Å². The minimum absolute atomic E-state index is 0.0968. The van der Waals surface area contributed by atoms with Crippen molar-refractivity contribution in [2.75, 3.05) is 25.0 Å². The molecule has 6 nitrogen and oxygen atoms in total. The van der Waals surface area contributed by atoms with Crippen LogP contribution in [0.15, 0.2) is 40.3 Å². The summed E-state index contributed by atoms with van der Waals surface area (Å²) in [5.41, 5.74) is 9.64. The number of anilines is 1. The van der Waals surface area contributed by atoms with Crippen LogP contribution in [0.5, 0.6) is 0 Å². The van der Waals surface area contributed by atoms with E-state index in [1.807, 2.05) is 16.8 Å². The number of aromatic nitrogens is 3. The van der Waals surface area contributed by atoms with Crippen molar-refractivity contribution in [3.8, 4) is 11.4 Å². The predicted molar refractivity (Wildman–Crippen MR) is 91.7 cm³/mol. The molecule has 0 saturated carbocycles. The quantitative estimate of drug-likeness (QED) is 0.519. The molecular weight excluding hydrogens is 310 g/mol. The van der Waals surface area contributed by atoms with Crippen LogP contribution in [-0.2, 0) is 6.54 Å². The van der Waals surface area contributed by atoms with Crippen LogP contribution < -0.4 is 11.1 Å². The van der Waals surface area contributed by atoms with E-state index in [4.69, 9.17) is 15.9 Å². The number of nitrogens with zero attached hydrogens (tertiary/aromatic N) is 3. The molecule has 3 heterocycles. The number of pyridine rings is 1. The maximum absolute atomic E-state index is 9.10. The molecule has 2 aromatic heterocycles. The number of hydrogen-bond acceptors (Lipinski definition) is 6. The molecule has 0 atom stereocenters. The van der Waals surface area contributed by atoms with E-state index in [2.05, 4.69) is 22.4 Å². The summed E-state index contributed by atoms with van der Waals surface area (Å²) < 4.78 is 1.95. The van der Waals surface area contributed by atoms with Crippen molar-refractivity contribution in [2.24, 2.45) is 5.73 Å². The van der Waals surface area contributed by atoms with Gasteiger partial charge in [0.05, 0.1) is 18.7 Å². The highest BCUT2D eigenvalue weighted by Gasteiger charge is 2.26. The van der Waals surface area contributed by atoms with Gasteiger partial charge in [0, 0.05) is 40.2 Å². The number of rotatable bonds is 5. The molecule has 1 aliphatic rings. The second-order valence-electron chi connectivity index (χ2n) is 5.30. The summed E-state index contributed by atoms with van der Waals surface area (Å²) in [6.07, 6.45) is 1.80. The van der Waals surface area contributed by atoms with E-state index >= 15 is 0 Å². The van der Waals surface area contributed by atoms with Gasteiger partial charge in [-0.15, -0.1) is 0 Å². The molecule has 0 spiro atoms. The molecular formula is C16H17N5OS. The lowest BCUT2D eigenvalue weighted by Gasteiger charge is -2.18. The molecule has 4 rings (SSSR count). The minimum Gasteiger partial charge on any atom is -0.395 e. The van der Waals surface area contributed by atoms with E-state index in [1.54, 1.807) is 18.0 Å². The third-order valence-corrected chi connectivity index (χ3v) is 5.02. The van der Waals surface area contributed by atoms with Crippen molar-refractivity contribution in [3.63, 3.8) is 0 Å². The molecule has 3 aromatic rings. The van der Waals surface area contributed by atoms with E-state index in [0.717, 1.165) is 37.8 Å². The molecule has 0 saturated heterocycles. The Kier molecular flexibility index (Phi) is 3.68. The highest BCUT2D eigenvalue weighted by molar-refractivity contribution is 8.00. The zero-order chi connectivity index (χ0) is 15.8. The SMILES string of the molecule is NCCn1nc2c3c(c(NCCO)ccc31)Sc1cccnc1-2. The fraction of sp³-hybridized carbons (Fsp3) is 0.250. The van der Waals surface area contributed by atoms with Gasteiger partial charge in [0.1, 0.15) is 11.4 Å². The number of nitrogens with one attached hydrogen (secondary N) is 1. The number of hydrogen-bond donors (Lipinski definition) is 3. The van der Waals surface area contributed by atoms with Gasteiger partial charge in [-0.3, -0.25) is 9.67 Å². The molecule has 0 amide bonds. The van der Waals surface area contributed by atoms with Crippen molar-refractivity contribution in [2.45, 2.75) is 16.3 Å². The topological polar surface area (TPSA) is 89.0 Å². The third-order valence-electron chi connectivity index (χ3n) is 3.85. The van der Waals surface area contributed by atoms with Crippen LogP contribution >= 0.6 is 11.8 Å². The van der Waals surface area contributed by atoms with E-state index in [9.17, 15) is 0 Å². The van der Waals surface area contributed by atoms with E-state index < -0.39 is 0 Å². The average molecular weight is 327 g/mol. The van der Waals surface area contributed by atoms with Gasteiger partial charge in [-0.2, -0.15) is 5.10 Å². The highest BCUT2D eigenvalue weighted by Crippen LogP contribution is 2.49. The van der Waals surface area contributed by atoms with Crippen molar-refractivity contribution >= 4 is 28.4 Å². The zero-order valence-electron chi connectivity index (χ0n) is 12.5. The molecule has 4 N–H and O–H groups in total. The number of nitrogens with two attached hydrogens (primary N) is 1. The molecule has 23 heavy (non-hydrogen) atoms. The first-order valence-electron chi connectivity index (χ1n) is 7.55. The Labute approximate surface area is 137 Å². The van der Waals surface area contributed by atoms with Gasteiger partial charge in [-0.1, -0.05) is 11.8 Å². The lowest BCUT2D eigenvalue weighted by Crippen LogP contribution is -2.11. The molecule has 0 bridgehead atoms. The number of aliphatic hydroxyl groups is 1. The van der Waals surface area contributed by atoms with Gasteiger partial charge in [0.2, 0.25) is 0 Å². The molecule has 1 aromatic carbocycles. The minimum atomic E-state index is 0.0968. The Morgan fingerprint density at radius 1 is 1.26 bits per heavy atom. The summed E-state index contributed by atoms with van der Waals surface area (Å²) >= 11 is 1.69. The summed E-state index contributed by atoms with van der Waals surface area (Å²) in [6.45, 7) is 1.83.